The molecule has 1 heterocycles. The first-order chi connectivity index (χ1) is 15.4. The fraction of sp³-hybridized carbons (Fsp3) is 0.400. The second kappa shape index (κ2) is 11.4. The van der Waals surface area contributed by atoms with E-state index in [-0.39, 0.29) is 11.8 Å². The first-order valence-electron chi connectivity index (χ1n) is 11.2. The highest BCUT2D eigenvalue weighted by Crippen LogP contribution is 2.22. The van der Waals surface area contributed by atoms with Gasteiger partial charge in [0.15, 0.2) is 0 Å². The van der Waals surface area contributed by atoms with E-state index in [4.69, 9.17) is 5.73 Å². The fourth-order valence-electron chi connectivity index (χ4n) is 3.95. The quantitative estimate of drug-likeness (QED) is 0.622. The third-order valence-corrected chi connectivity index (χ3v) is 5.81. The van der Waals surface area contributed by atoms with Crippen molar-refractivity contribution in [2.45, 2.75) is 32.6 Å². The molecule has 1 fully saturated rings. The Bertz CT molecular complexity index is 942. The van der Waals surface area contributed by atoms with Crippen LogP contribution in [-0.2, 0) is 9.59 Å². The Labute approximate surface area is 189 Å². The summed E-state index contributed by atoms with van der Waals surface area (Å²) in [4.78, 5) is 39.5. The van der Waals surface area contributed by atoms with E-state index in [1.165, 1.54) is 0 Å². The molecule has 1 aliphatic heterocycles. The van der Waals surface area contributed by atoms with Crippen molar-refractivity contribution in [2.24, 2.45) is 5.73 Å². The average Bonchev–Trinajstić information content (AvgIpc) is 3.03. The van der Waals surface area contributed by atoms with Crippen LogP contribution in [0.15, 0.2) is 48.5 Å². The van der Waals surface area contributed by atoms with Crippen LogP contribution in [0.25, 0.3) is 11.1 Å². The summed E-state index contributed by atoms with van der Waals surface area (Å²) in [7, 11) is 0. The zero-order chi connectivity index (χ0) is 22.9. The Morgan fingerprint density at radius 2 is 1.72 bits per heavy atom. The Morgan fingerprint density at radius 1 is 0.938 bits per heavy atom. The first-order valence-corrected chi connectivity index (χ1v) is 11.2. The maximum Gasteiger partial charge on any atom is 0.248 e. The summed E-state index contributed by atoms with van der Waals surface area (Å²) >= 11 is 0. The minimum atomic E-state index is -0.454. The molecule has 7 nitrogen and oxygen atoms in total. The molecular weight excluding hydrogens is 404 g/mol. The normalized spacial score (nSPS) is 14.6. The minimum absolute atomic E-state index is 0.00657. The summed E-state index contributed by atoms with van der Waals surface area (Å²) in [6, 6.07) is 14.7. The Balaban J connectivity index is 1.40. The van der Waals surface area contributed by atoms with Gasteiger partial charge in [0.25, 0.3) is 0 Å². The van der Waals surface area contributed by atoms with Gasteiger partial charge < -0.3 is 20.9 Å². The summed E-state index contributed by atoms with van der Waals surface area (Å²) in [6.45, 7) is 6.12. The fourth-order valence-corrected chi connectivity index (χ4v) is 3.95. The highest BCUT2D eigenvalue weighted by atomic mass is 16.2. The van der Waals surface area contributed by atoms with Crippen LogP contribution >= 0.6 is 0 Å². The topological polar surface area (TPSA) is 95.7 Å². The molecule has 3 N–H and O–H groups in total. The summed E-state index contributed by atoms with van der Waals surface area (Å²) in [5, 5.41) is 2.95. The van der Waals surface area contributed by atoms with Gasteiger partial charge in [-0.3, -0.25) is 14.4 Å². The predicted octanol–water partition coefficient (Wildman–Crippen LogP) is 3.12. The third kappa shape index (κ3) is 6.92. The molecule has 1 aliphatic rings. The van der Waals surface area contributed by atoms with Crippen LogP contribution in [0.4, 0.5) is 5.69 Å². The Morgan fingerprint density at radius 3 is 2.44 bits per heavy atom. The number of nitrogens with zero attached hydrogens (tertiary/aromatic N) is 2. The lowest BCUT2D eigenvalue weighted by Gasteiger charge is -2.20. The molecule has 1 saturated heterocycles. The number of carbonyl (C=O) groups is 3. The molecule has 0 spiro atoms. The van der Waals surface area contributed by atoms with E-state index in [0.29, 0.717) is 12.0 Å². The number of primary amides is 1. The van der Waals surface area contributed by atoms with Gasteiger partial charge in [0, 0.05) is 44.2 Å². The van der Waals surface area contributed by atoms with Gasteiger partial charge in [-0.1, -0.05) is 24.3 Å². The van der Waals surface area contributed by atoms with E-state index in [0.717, 1.165) is 68.8 Å². The molecule has 170 valence electrons. The van der Waals surface area contributed by atoms with Gasteiger partial charge in [-0.2, -0.15) is 0 Å². The number of benzene rings is 2. The van der Waals surface area contributed by atoms with Crippen LogP contribution in [-0.4, -0.2) is 60.2 Å². The number of hydrogen-bond donors (Lipinski definition) is 2. The maximum atomic E-state index is 12.3. The van der Waals surface area contributed by atoms with Crippen molar-refractivity contribution in [3.8, 4) is 11.1 Å². The second-order valence-electron chi connectivity index (χ2n) is 8.23. The zero-order valence-corrected chi connectivity index (χ0v) is 18.7. The lowest BCUT2D eigenvalue weighted by molar-refractivity contribution is -0.128. The molecule has 3 rings (SSSR count). The third-order valence-electron chi connectivity index (χ3n) is 5.81. The molecular formula is C25H32N4O3. The van der Waals surface area contributed by atoms with Crippen molar-refractivity contribution in [1.29, 1.82) is 0 Å². The van der Waals surface area contributed by atoms with Gasteiger partial charge in [0.1, 0.15) is 0 Å². The van der Waals surface area contributed by atoms with Crippen molar-refractivity contribution >= 4 is 23.4 Å². The van der Waals surface area contributed by atoms with Crippen LogP contribution in [0.2, 0.25) is 0 Å². The molecule has 0 bridgehead atoms. The van der Waals surface area contributed by atoms with Gasteiger partial charge in [-0.15, -0.1) is 0 Å². The number of nitrogens with one attached hydrogen (secondary N) is 1. The number of rotatable bonds is 8. The van der Waals surface area contributed by atoms with Gasteiger partial charge in [-0.05, 0) is 67.7 Å². The molecule has 32 heavy (non-hydrogen) atoms. The smallest absolute Gasteiger partial charge is 0.248 e. The number of hydrogen-bond acceptors (Lipinski definition) is 4. The summed E-state index contributed by atoms with van der Waals surface area (Å²) in [5.74, 6) is -0.299. The van der Waals surface area contributed by atoms with Gasteiger partial charge >= 0.3 is 0 Å². The molecule has 7 heteroatoms. The van der Waals surface area contributed by atoms with Crippen molar-refractivity contribution in [2.75, 3.05) is 38.0 Å². The van der Waals surface area contributed by atoms with Crippen molar-refractivity contribution in [1.82, 2.24) is 9.80 Å². The Kier molecular flexibility index (Phi) is 8.39. The maximum absolute atomic E-state index is 12.3. The van der Waals surface area contributed by atoms with E-state index in [2.05, 4.69) is 10.2 Å². The molecule has 0 unspecified atom stereocenters. The summed E-state index contributed by atoms with van der Waals surface area (Å²) in [5.41, 5.74) is 8.42. The lowest BCUT2D eigenvalue weighted by atomic mass is 10.0. The van der Waals surface area contributed by atoms with E-state index in [9.17, 15) is 14.4 Å². The summed E-state index contributed by atoms with van der Waals surface area (Å²) in [6.07, 6.45) is 3.28. The number of nitrogens with two attached hydrogens (primary N) is 1. The number of amides is 3. The van der Waals surface area contributed by atoms with E-state index >= 15 is 0 Å². The van der Waals surface area contributed by atoms with Crippen LogP contribution in [0.1, 0.15) is 43.0 Å². The van der Waals surface area contributed by atoms with Gasteiger partial charge in [-0.25, -0.2) is 0 Å². The van der Waals surface area contributed by atoms with Crippen molar-refractivity contribution < 1.29 is 14.4 Å². The monoisotopic (exact) mass is 436 g/mol. The molecule has 2 aromatic carbocycles. The standard InChI is InChI=1S/C25H32N4O3/c1-19(30)29-15-5-14-28(16-17-29)13-3-2-8-24(31)27-23-11-9-20(10-12-23)21-6-4-7-22(18-21)25(26)32/h4,6-7,9-12,18H,2-3,5,8,13-17H2,1H3,(H2,26,32)(H,27,31). The van der Waals surface area contributed by atoms with Crippen molar-refractivity contribution in [3.05, 3.63) is 54.1 Å². The highest BCUT2D eigenvalue weighted by molar-refractivity contribution is 5.94. The average molecular weight is 437 g/mol. The number of anilines is 1. The predicted molar refractivity (Wildman–Crippen MR) is 126 cm³/mol. The minimum Gasteiger partial charge on any atom is -0.366 e. The van der Waals surface area contributed by atoms with Crippen LogP contribution in [0.5, 0.6) is 0 Å². The van der Waals surface area contributed by atoms with Gasteiger partial charge in [0.05, 0.1) is 0 Å². The van der Waals surface area contributed by atoms with E-state index in [1.54, 1.807) is 25.1 Å². The largest absolute Gasteiger partial charge is 0.366 e. The Hall–Kier alpha value is -3.19. The molecule has 0 aromatic heterocycles. The molecule has 0 saturated carbocycles. The molecule has 3 amide bonds. The SMILES string of the molecule is CC(=O)N1CCCN(CCCCC(=O)Nc2ccc(-c3cccc(C(N)=O)c3)cc2)CC1. The molecule has 2 aromatic rings. The first kappa shape index (κ1) is 23.5. The lowest BCUT2D eigenvalue weighted by Crippen LogP contribution is -2.34. The molecule has 0 radical (unpaired) electrons. The van der Waals surface area contributed by atoms with E-state index in [1.807, 2.05) is 35.2 Å². The zero-order valence-electron chi connectivity index (χ0n) is 18.7. The highest BCUT2D eigenvalue weighted by Gasteiger charge is 2.16. The molecule has 0 aliphatic carbocycles. The van der Waals surface area contributed by atoms with Crippen LogP contribution < -0.4 is 11.1 Å². The van der Waals surface area contributed by atoms with Crippen molar-refractivity contribution in [3.63, 3.8) is 0 Å². The number of unbranched alkanes of at least 4 members (excludes halogenated alkanes) is 1. The summed E-state index contributed by atoms with van der Waals surface area (Å²) < 4.78 is 0. The molecule has 0 atom stereocenters. The number of carbonyl (C=O) groups excluding carboxylic acids is 3. The van der Waals surface area contributed by atoms with Crippen LogP contribution in [0.3, 0.4) is 0 Å². The second-order valence-corrected chi connectivity index (χ2v) is 8.23. The van der Waals surface area contributed by atoms with Crippen LogP contribution in [0, 0.1) is 0 Å². The van der Waals surface area contributed by atoms with E-state index < -0.39 is 5.91 Å². The van der Waals surface area contributed by atoms with Gasteiger partial charge in [0.2, 0.25) is 17.7 Å².